The Labute approximate surface area is 76.9 Å². The minimum absolute atomic E-state index is 0.0191. The Bertz CT molecular complexity index is 250. The van der Waals surface area contributed by atoms with Gasteiger partial charge in [-0.25, -0.2) is 4.39 Å². The molecular weight excluding hydrogens is 171 g/mol. The Hall–Kier alpha value is -1.00. The molecule has 1 unspecified atom stereocenters. The summed E-state index contributed by atoms with van der Waals surface area (Å²) in [6, 6.07) is 3.06. The van der Waals surface area contributed by atoms with Crippen molar-refractivity contribution in [3.05, 3.63) is 29.8 Å². The number of hydroxylamine groups is 1. The molecule has 1 aromatic rings. The maximum atomic E-state index is 12.5. The van der Waals surface area contributed by atoms with Crippen molar-refractivity contribution in [2.75, 3.05) is 7.11 Å². The van der Waals surface area contributed by atoms with E-state index in [-0.39, 0.29) is 11.9 Å². The minimum Gasteiger partial charge on any atom is -0.304 e. The summed E-state index contributed by atoms with van der Waals surface area (Å²) >= 11 is 0. The zero-order valence-electron chi connectivity index (χ0n) is 7.75. The van der Waals surface area contributed by atoms with Gasteiger partial charge < -0.3 is 4.84 Å². The van der Waals surface area contributed by atoms with Crippen LogP contribution in [-0.4, -0.2) is 12.1 Å². The summed E-state index contributed by atoms with van der Waals surface area (Å²) < 4.78 is 12.5. The Morgan fingerprint density at radius 2 is 2.38 bits per heavy atom. The second-order valence-corrected chi connectivity index (χ2v) is 2.68. The van der Waals surface area contributed by atoms with Crippen LogP contribution in [0.3, 0.4) is 0 Å². The summed E-state index contributed by atoms with van der Waals surface area (Å²) in [7, 11) is 1.55. The first-order chi connectivity index (χ1) is 6.27. The van der Waals surface area contributed by atoms with Gasteiger partial charge in [-0.05, 0) is 18.6 Å². The van der Waals surface area contributed by atoms with Crippen LogP contribution in [0.1, 0.15) is 25.1 Å². The van der Waals surface area contributed by atoms with Crippen LogP contribution in [0.15, 0.2) is 18.3 Å². The molecule has 0 bridgehead atoms. The highest BCUT2D eigenvalue weighted by molar-refractivity contribution is 5.09. The van der Waals surface area contributed by atoms with E-state index in [4.69, 9.17) is 4.84 Å². The number of rotatable bonds is 4. The molecule has 1 N–H and O–H groups in total. The second kappa shape index (κ2) is 4.89. The van der Waals surface area contributed by atoms with Crippen LogP contribution in [0.4, 0.5) is 4.39 Å². The van der Waals surface area contributed by atoms with Crippen molar-refractivity contribution >= 4 is 0 Å². The lowest BCUT2D eigenvalue weighted by molar-refractivity contribution is 0.0580. The van der Waals surface area contributed by atoms with Crippen LogP contribution in [0.2, 0.25) is 0 Å². The van der Waals surface area contributed by atoms with Gasteiger partial charge in [0, 0.05) is 0 Å². The minimum atomic E-state index is -0.323. The molecule has 0 saturated heterocycles. The number of hydrogen-bond donors (Lipinski definition) is 1. The molecule has 0 aromatic carbocycles. The quantitative estimate of drug-likeness (QED) is 0.725. The Morgan fingerprint density at radius 3 is 2.85 bits per heavy atom. The van der Waals surface area contributed by atoms with Crippen molar-refractivity contribution in [1.29, 1.82) is 0 Å². The van der Waals surface area contributed by atoms with Gasteiger partial charge in [-0.2, -0.15) is 5.48 Å². The van der Waals surface area contributed by atoms with Crippen LogP contribution < -0.4 is 5.48 Å². The smallest absolute Gasteiger partial charge is 0.141 e. The zero-order valence-corrected chi connectivity index (χ0v) is 7.75. The first kappa shape index (κ1) is 10.1. The molecule has 0 amide bonds. The molecule has 0 aliphatic heterocycles. The van der Waals surface area contributed by atoms with Crippen LogP contribution in [0, 0.1) is 5.82 Å². The molecule has 1 rings (SSSR count). The average Bonchev–Trinajstić information content (AvgIpc) is 2.16. The molecule has 0 saturated carbocycles. The van der Waals surface area contributed by atoms with Crippen LogP contribution in [0.25, 0.3) is 0 Å². The molecule has 0 aliphatic rings. The Balaban J connectivity index is 2.73. The lowest BCUT2D eigenvalue weighted by Gasteiger charge is -2.13. The highest BCUT2D eigenvalue weighted by atomic mass is 19.1. The molecule has 0 spiro atoms. The number of nitrogens with one attached hydrogen (secondary N) is 1. The topological polar surface area (TPSA) is 34.1 Å². The van der Waals surface area contributed by atoms with Crippen molar-refractivity contribution in [2.45, 2.75) is 19.4 Å². The lowest BCUT2D eigenvalue weighted by atomic mass is 10.1. The first-order valence-electron chi connectivity index (χ1n) is 4.18. The number of aromatic nitrogens is 1. The van der Waals surface area contributed by atoms with Gasteiger partial charge in [0.05, 0.1) is 25.0 Å². The molecule has 3 nitrogen and oxygen atoms in total. The molecule has 0 aliphatic carbocycles. The third-order valence-electron chi connectivity index (χ3n) is 1.78. The van der Waals surface area contributed by atoms with E-state index in [1.54, 1.807) is 13.2 Å². The summed E-state index contributed by atoms with van der Waals surface area (Å²) in [5.41, 5.74) is 3.57. The second-order valence-electron chi connectivity index (χ2n) is 2.68. The van der Waals surface area contributed by atoms with E-state index >= 15 is 0 Å². The van der Waals surface area contributed by atoms with Crippen molar-refractivity contribution in [3.8, 4) is 0 Å². The van der Waals surface area contributed by atoms with Crippen molar-refractivity contribution in [1.82, 2.24) is 10.5 Å². The van der Waals surface area contributed by atoms with E-state index in [1.165, 1.54) is 12.3 Å². The van der Waals surface area contributed by atoms with Gasteiger partial charge in [0.1, 0.15) is 5.82 Å². The number of hydrogen-bond acceptors (Lipinski definition) is 3. The molecule has 1 atom stereocenters. The Morgan fingerprint density at radius 1 is 1.62 bits per heavy atom. The van der Waals surface area contributed by atoms with Crippen LogP contribution in [0.5, 0.6) is 0 Å². The monoisotopic (exact) mass is 184 g/mol. The molecule has 4 heteroatoms. The van der Waals surface area contributed by atoms with E-state index in [1.807, 2.05) is 6.92 Å². The van der Waals surface area contributed by atoms with Crippen LogP contribution in [-0.2, 0) is 4.84 Å². The van der Waals surface area contributed by atoms with E-state index in [0.717, 1.165) is 12.1 Å². The van der Waals surface area contributed by atoms with Gasteiger partial charge in [0.25, 0.3) is 0 Å². The normalized spacial score (nSPS) is 12.8. The maximum absolute atomic E-state index is 12.5. The van der Waals surface area contributed by atoms with Gasteiger partial charge >= 0.3 is 0 Å². The molecule has 72 valence electrons. The highest BCUT2D eigenvalue weighted by Gasteiger charge is 2.09. The number of pyridine rings is 1. The fraction of sp³-hybridized carbons (Fsp3) is 0.444. The van der Waals surface area contributed by atoms with Gasteiger partial charge in [0.2, 0.25) is 0 Å². The summed E-state index contributed by atoms with van der Waals surface area (Å²) in [5, 5.41) is 0. The SMILES string of the molecule is CCC(NOC)c1ccc(F)cn1. The molecule has 0 fully saturated rings. The van der Waals surface area contributed by atoms with E-state index in [0.29, 0.717) is 0 Å². The van der Waals surface area contributed by atoms with Gasteiger partial charge in [-0.3, -0.25) is 4.98 Å². The molecule has 1 heterocycles. The summed E-state index contributed by atoms with van der Waals surface area (Å²) in [4.78, 5) is 8.75. The Kier molecular flexibility index (Phi) is 3.79. The predicted molar refractivity (Wildman–Crippen MR) is 47.4 cm³/mol. The average molecular weight is 184 g/mol. The van der Waals surface area contributed by atoms with Crippen molar-refractivity contribution < 1.29 is 9.23 Å². The maximum Gasteiger partial charge on any atom is 0.141 e. The van der Waals surface area contributed by atoms with Gasteiger partial charge in [0.15, 0.2) is 0 Å². The predicted octanol–water partition coefficient (Wildman–Crippen LogP) is 1.82. The van der Waals surface area contributed by atoms with Crippen molar-refractivity contribution in [3.63, 3.8) is 0 Å². The first-order valence-corrected chi connectivity index (χ1v) is 4.18. The molecule has 13 heavy (non-hydrogen) atoms. The van der Waals surface area contributed by atoms with Crippen LogP contribution >= 0.6 is 0 Å². The molecular formula is C9H13FN2O. The van der Waals surface area contributed by atoms with Gasteiger partial charge in [-0.1, -0.05) is 6.92 Å². The third-order valence-corrected chi connectivity index (χ3v) is 1.78. The fourth-order valence-electron chi connectivity index (χ4n) is 1.09. The number of nitrogens with zero attached hydrogens (tertiary/aromatic N) is 1. The molecule has 0 radical (unpaired) electrons. The fourth-order valence-corrected chi connectivity index (χ4v) is 1.09. The largest absolute Gasteiger partial charge is 0.304 e. The van der Waals surface area contributed by atoms with Crippen molar-refractivity contribution in [2.24, 2.45) is 0 Å². The lowest BCUT2D eigenvalue weighted by Crippen LogP contribution is -2.20. The van der Waals surface area contributed by atoms with Gasteiger partial charge in [-0.15, -0.1) is 0 Å². The van der Waals surface area contributed by atoms with E-state index in [2.05, 4.69) is 10.5 Å². The zero-order chi connectivity index (χ0) is 9.68. The van der Waals surface area contributed by atoms with E-state index in [9.17, 15) is 4.39 Å². The third kappa shape index (κ3) is 2.75. The number of halogens is 1. The standard InChI is InChI=1S/C9H13FN2O/c1-3-8(12-13-2)9-5-4-7(10)6-11-9/h4-6,8,12H,3H2,1-2H3. The summed E-state index contributed by atoms with van der Waals surface area (Å²) in [6.45, 7) is 2.00. The van der Waals surface area contributed by atoms with E-state index < -0.39 is 0 Å². The molecule has 1 aromatic heterocycles. The summed E-state index contributed by atoms with van der Waals surface area (Å²) in [6.07, 6.45) is 2.04. The highest BCUT2D eigenvalue weighted by Crippen LogP contribution is 2.13. The summed E-state index contributed by atoms with van der Waals surface area (Å²) in [5.74, 6) is -0.323.